The molecule has 1 aromatic carbocycles. The van der Waals surface area contributed by atoms with E-state index >= 15 is 0 Å². The Balaban J connectivity index is 3.09. The normalized spacial score (nSPS) is 12.6. The minimum atomic E-state index is -4.33. The average Bonchev–Trinajstić information content (AvgIpc) is 2.16. The van der Waals surface area contributed by atoms with E-state index in [0.717, 1.165) is 12.1 Å². The standard InChI is InChI=1S/C12H13F3O/c1-8(16)11(2,3)9-4-6-10(7-5-9)12(13,14)15/h4-7H,1-3H3. The fourth-order valence-corrected chi connectivity index (χ4v) is 1.28. The summed E-state index contributed by atoms with van der Waals surface area (Å²) < 4.78 is 36.9. The van der Waals surface area contributed by atoms with Crippen molar-refractivity contribution in [2.24, 2.45) is 0 Å². The quantitative estimate of drug-likeness (QED) is 0.759. The first-order valence-corrected chi connectivity index (χ1v) is 4.84. The molecule has 1 aromatic rings. The third-order valence-corrected chi connectivity index (χ3v) is 2.81. The number of benzene rings is 1. The average molecular weight is 230 g/mol. The molecule has 0 heterocycles. The molecule has 0 fully saturated rings. The topological polar surface area (TPSA) is 17.1 Å². The summed E-state index contributed by atoms with van der Waals surface area (Å²) >= 11 is 0. The maximum Gasteiger partial charge on any atom is 0.416 e. The molecule has 0 aromatic heterocycles. The van der Waals surface area contributed by atoms with Crippen molar-refractivity contribution in [1.82, 2.24) is 0 Å². The lowest BCUT2D eigenvalue weighted by Gasteiger charge is -2.22. The highest BCUT2D eigenvalue weighted by atomic mass is 19.4. The Morgan fingerprint density at radius 2 is 1.38 bits per heavy atom. The van der Waals surface area contributed by atoms with Gasteiger partial charge in [0, 0.05) is 5.41 Å². The van der Waals surface area contributed by atoms with Crippen LogP contribution in [-0.4, -0.2) is 5.78 Å². The zero-order valence-corrected chi connectivity index (χ0v) is 9.35. The molecule has 0 radical (unpaired) electrons. The summed E-state index contributed by atoms with van der Waals surface area (Å²) in [7, 11) is 0. The van der Waals surface area contributed by atoms with Crippen molar-refractivity contribution in [2.75, 3.05) is 0 Å². The molecular formula is C12H13F3O. The van der Waals surface area contributed by atoms with Gasteiger partial charge in [0.25, 0.3) is 0 Å². The highest BCUT2D eigenvalue weighted by Gasteiger charge is 2.31. The lowest BCUT2D eigenvalue weighted by molar-refractivity contribution is -0.137. The molecule has 0 aliphatic heterocycles. The summed E-state index contributed by atoms with van der Waals surface area (Å²) in [5.41, 5.74) is -0.854. The van der Waals surface area contributed by atoms with Gasteiger partial charge in [0.2, 0.25) is 0 Å². The molecule has 0 bridgehead atoms. The first-order chi connectivity index (χ1) is 7.15. The molecule has 0 saturated heterocycles. The molecule has 0 aliphatic rings. The maximum atomic E-state index is 12.3. The molecule has 88 valence electrons. The summed E-state index contributed by atoms with van der Waals surface area (Å²) in [5.74, 6) is -0.0766. The zero-order chi connectivity index (χ0) is 12.6. The lowest BCUT2D eigenvalue weighted by atomic mass is 9.81. The summed E-state index contributed by atoms with van der Waals surface area (Å²) in [6.45, 7) is 4.81. The van der Waals surface area contributed by atoms with Gasteiger partial charge in [0.15, 0.2) is 0 Å². The van der Waals surface area contributed by atoms with Crippen molar-refractivity contribution in [1.29, 1.82) is 0 Å². The number of carbonyl (C=O) groups is 1. The van der Waals surface area contributed by atoms with E-state index in [1.165, 1.54) is 19.1 Å². The number of Topliss-reactive ketones (excluding diaryl/α,β-unsaturated/α-hetero) is 1. The lowest BCUT2D eigenvalue weighted by Crippen LogP contribution is -2.26. The Morgan fingerprint density at radius 1 is 1.00 bits per heavy atom. The van der Waals surface area contributed by atoms with Crippen LogP contribution in [0.5, 0.6) is 0 Å². The third-order valence-electron chi connectivity index (χ3n) is 2.81. The van der Waals surface area contributed by atoms with Crippen molar-refractivity contribution in [3.63, 3.8) is 0 Å². The molecule has 0 aliphatic carbocycles. The van der Waals surface area contributed by atoms with E-state index in [-0.39, 0.29) is 5.78 Å². The van der Waals surface area contributed by atoms with Gasteiger partial charge >= 0.3 is 6.18 Å². The minimum Gasteiger partial charge on any atom is -0.299 e. The Morgan fingerprint density at radius 3 is 1.69 bits per heavy atom. The third kappa shape index (κ3) is 2.43. The van der Waals surface area contributed by atoms with Crippen molar-refractivity contribution in [2.45, 2.75) is 32.4 Å². The van der Waals surface area contributed by atoms with Crippen LogP contribution in [0.15, 0.2) is 24.3 Å². The van der Waals surface area contributed by atoms with E-state index in [2.05, 4.69) is 0 Å². The molecule has 0 saturated carbocycles. The van der Waals surface area contributed by atoms with Gasteiger partial charge in [-0.1, -0.05) is 12.1 Å². The molecular weight excluding hydrogens is 217 g/mol. The van der Waals surface area contributed by atoms with Gasteiger partial charge in [-0.3, -0.25) is 4.79 Å². The SMILES string of the molecule is CC(=O)C(C)(C)c1ccc(C(F)(F)F)cc1. The van der Waals surface area contributed by atoms with Gasteiger partial charge in [0.05, 0.1) is 5.56 Å². The van der Waals surface area contributed by atoms with Gasteiger partial charge < -0.3 is 0 Å². The first-order valence-electron chi connectivity index (χ1n) is 4.84. The first kappa shape index (κ1) is 12.7. The highest BCUT2D eigenvalue weighted by molar-refractivity contribution is 5.87. The van der Waals surface area contributed by atoms with E-state index < -0.39 is 17.2 Å². The number of ketones is 1. The number of hydrogen-bond acceptors (Lipinski definition) is 1. The molecule has 0 spiro atoms. The van der Waals surface area contributed by atoms with Crippen LogP contribution in [-0.2, 0) is 16.4 Å². The molecule has 1 rings (SSSR count). The number of carbonyl (C=O) groups excluding carboxylic acids is 1. The smallest absolute Gasteiger partial charge is 0.299 e. The summed E-state index contributed by atoms with van der Waals surface area (Å²) in [6, 6.07) is 4.70. The minimum absolute atomic E-state index is 0.0766. The van der Waals surface area contributed by atoms with Crippen molar-refractivity contribution >= 4 is 5.78 Å². The van der Waals surface area contributed by atoms with E-state index in [9.17, 15) is 18.0 Å². The second-order valence-electron chi connectivity index (χ2n) is 4.26. The predicted molar refractivity (Wildman–Crippen MR) is 55.2 cm³/mol. The van der Waals surface area contributed by atoms with Crippen molar-refractivity contribution < 1.29 is 18.0 Å². The highest BCUT2D eigenvalue weighted by Crippen LogP contribution is 2.31. The number of alkyl halides is 3. The fraction of sp³-hybridized carbons (Fsp3) is 0.417. The van der Waals surface area contributed by atoms with Crippen LogP contribution in [0.3, 0.4) is 0 Å². The van der Waals surface area contributed by atoms with Crippen LogP contribution in [0.2, 0.25) is 0 Å². The number of halogens is 3. The second kappa shape index (κ2) is 3.92. The van der Waals surface area contributed by atoms with E-state index in [1.807, 2.05) is 0 Å². The molecule has 0 N–H and O–H groups in total. The summed E-state index contributed by atoms with van der Waals surface area (Å²) in [5, 5.41) is 0. The Kier molecular flexibility index (Phi) is 3.13. The molecule has 4 heteroatoms. The Labute approximate surface area is 92.3 Å². The van der Waals surface area contributed by atoms with E-state index in [0.29, 0.717) is 5.56 Å². The molecule has 0 atom stereocenters. The van der Waals surface area contributed by atoms with Crippen molar-refractivity contribution in [3.05, 3.63) is 35.4 Å². The largest absolute Gasteiger partial charge is 0.416 e. The number of rotatable bonds is 2. The van der Waals surface area contributed by atoms with Gasteiger partial charge in [-0.05, 0) is 38.5 Å². The maximum absolute atomic E-state index is 12.3. The van der Waals surface area contributed by atoms with Gasteiger partial charge in [-0.2, -0.15) is 13.2 Å². The molecule has 1 nitrogen and oxygen atoms in total. The predicted octanol–water partition coefficient (Wildman–Crippen LogP) is 3.57. The molecule has 16 heavy (non-hydrogen) atoms. The fourth-order valence-electron chi connectivity index (χ4n) is 1.28. The van der Waals surface area contributed by atoms with E-state index in [4.69, 9.17) is 0 Å². The van der Waals surface area contributed by atoms with Gasteiger partial charge in [-0.15, -0.1) is 0 Å². The monoisotopic (exact) mass is 230 g/mol. The summed E-state index contributed by atoms with van der Waals surface area (Å²) in [4.78, 5) is 11.3. The van der Waals surface area contributed by atoms with Crippen LogP contribution in [0.25, 0.3) is 0 Å². The second-order valence-corrected chi connectivity index (χ2v) is 4.26. The number of hydrogen-bond donors (Lipinski definition) is 0. The van der Waals surface area contributed by atoms with Crippen LogP contribution < -0.4 is 0 Å². The van der Waals surface area contributed by atoms with Crippen LogP contribution in [0.1, 0.15) is 31.9 Å². The molecule has 0 amide bonds. The van der Waals surface area contributed by atoms with Gasteiger partial charge in [-0.25, -0.2) is 0 Å². The Bertz CT molecular complexity index is 388. The van der Waals surface area contributed by atoms with E-state index in [1.54, 1.807) is 13.8 Å². The Hall–Kier alpha value is -1.32. The molecule has 0 unspecified atom stereocenters. The van der Waals surface area contributed by atoms with Crippen LogP contribution >= 0.6 is 0 Å². The summed E-state index contributed by atoms with van der Waals surface area (Å²) in [6.07, 6.45) is -4.33. The van der Waals surface area contributed by atoms with Gasteiger partial charge in [0.1, 0.15) is 5.78 Å². The van der Waals surface area contributed by atoms with Crippen LogP contribution in [0, 0.1) is 0 Å². The zero-order valence-electron chi connectivity index (χ0n) is 9.35. The van der Waals surface area contributed by atoms with Crippen LogP contribution in [0.4, 0.5) is 13.2 Å². The van der Waals surface area contributed by atoms with Crippen molar-refractivity contribution in [3.8, 4) is 0 Å².